The number of thiazole rings is 1. The van der Waals surface area contributed by atoms with Crippen molar-refractivity contribution in [3.05, 3.63) is 50.4 Å². The largest absolute Gasteiger partial charge is 0.351 e. The maximum absolute atomic E-state index is 13.1. The Hall–Kier alpha value is -2.92. The van der Waals surface area contributed by atoms with Crippen LogP contribution in [0, 0.1) is 5.92 Å². The first-order valence-electron chi connectivity index (χ1n) is 10.8. The molecule has 2 N–H and O–H groups in total. The number of aromatic nitrogens is 1. The summed E-state index contributed by atoms with van der Waals surface area (Å²) in [5, 5.41) is -0.383. The number of amides is 5. The quantitative estimate of drug-likeness (QED) is 0.658. The van der Waals surface area contributed by atoms with Crippen LogP contribution in [0.25, 0.3) is 0 Å². The number of hydrogen-bond acceptors (Lipinski definition) is 7. The Kier molecular flexibility index (Phi) is 5.61. The van der Waals surface area contributed by atoms with Gasteiger partial charge in [-0.25, -0.2) is 4.79 Å². The number of rotatable bonds is 3. The van der Waals surface area contributed by atoms with Crippen LogP contribution in [0.3, 0.4) is 0 Å². The van der Waals surface area contributed by atoms with Crippen molar-refractivity contribution < 1.29 is 19.2 Å². The fourth-order valence-corrected chi connectivity index (χ4v) is 7.64. The molecule has 172 valence electrons. The first-order valence-corrected chi connectivity index (χ1v) is 12.5. The molecule has 33 heavy (non-hydrogen) atoms. The SMILES string of the molecule is NC(=O)N1C(=O)[C@@H]2[C@H](c3ccccc3)c3sc(=O)n(CC(=O)N4CCCCC4)c3S[C@@H]2C1=O. The third kappa shape index (κ3) is 3.59. The second-order valence-electron chi connectivity index (χ2n) is 8.37. The molecule has 2 aromatic rings. The summed E-state index contributed by atoms with van der Waals surface area (Å²) in [7, 11) is 0. The van der Waals surface area contributed by atoms with Gasteiger partial charge in [0.1, 0.15) is 11.8 Å². The van der Waals surface area contributed by atoms with Gasteiger partial charge in [0.05, 0.1) is 10.9 Å². The van der Waals surface area contributed by atoms with Crippen LogP contribution in [-0.4, -0.2) is 56.5 Å². The summed E-state index contributed by atoms with van der Waals surface area (Å²) >= 11 is 2.07. The lowest BCUT2D eigenvalue weighted by Gasteiger charge is -2.31. The summed E-state index contributed by atoms with van der Waals surface area (Å²) in [5.41, 5.74) is 6.09. The van der Waals surface area contributed by atoms with Crippen molar-refractivity contribution in [1.29, 1.82) is 0 Å². The molecular weight excluding hydrogens is 464 g/mol. The van der Waals surface area contributed by atoms with E-state index in [1.165, 1.54) is 4.57 Å². The Morgan fingerprint density at radius 3 is 2.36 bits per heavy atom. The van der Waals surface area contributed by atoms with Crippen LogP contribution in [0.1, 0.15) is 35.6 Å². The number of nitrogens with zero attached hydrogens (tertiary/aromatic N) is 3. The number of carbonyl (C=O) groups is 4. The Labute approximate surface area is 197 Å². The number of primary amides is 1. The first-order chi connectivity index (χ1) is 15.9. The molecule has 4 heterocycles. The fraction of sp³-hybridized carbons (Fsp3) is 0.409. The molecule has 1 aromatic carbocycles. The average Bonchev–Trinajstić information content (AvgIpc) is 3.26. The van der Waals surface area contributed by atoms with E-state index in [0.717, 1.165) is 47.9 Å². The van der Waals surface area contributed by atoms with Crippen molar-refractivity contribution in [1.82, 2.24) is 14.4 Å². The number of hydrogen-bond donors (Lipinski definition) is 1. The highest BCUT2D eigenvalue weighted by molar-refractivity contribution is 8.00. The second-order valence-corrected chi connectivity index (χ2v) is 10.5. The van der Waals surface area contributed by atoms with Gasteiger partial charge in [0.2, 0.25) is 11.8 Å². The summed E-state index contributed by atoms with van der Waals surface area (Å²) < 4.78 is 1.42. The average molecular weight is 487 g/mol. The molecule has 5 amide bonds. The molecule has 0 spiro atoms. The zero-order valence-electron chi connectivity index (χ0n) is 17.6. The maximum atomic E-state index is 13.1. The van der Waals surface area contributed by atoms with Gasteiger partial charge in [-0.15, -0.1) is 0 Å². The Morgan fingerprint density at radius 1 is 1.00 bits per heavy atom. The fourth-order valence-electron chi connectivity index (χ4n) is 4.87. The minimum Gasteiger partial charge on any atom is -0.351 e. The van der Waals surface area contributed by atoms with Gasteiger partial charge in [-0.1, -0.05) is 53.4 Å². The Bertz CT molecular complexity index is 1200. The number of imide groups is 3. The molecule has 1 aromatic heterocycles. The third-order valence-corrected chi connectivity index (χ3v) is 9.03. The molecule has 5 rings (SSSR count). The third-order valence-electron chi connectivity index (χ3n) is 6.43. The Balaban J connectivity index is 1.58. The molecule has 3 atom stereocenters. The smallest absolute Gasteiger partial charge is 0.328 e. The van der Waals surface area contributed by atoms with Gasteiger partial charge in [-0.05, 0) is 24.8 Å². The van der Waals surface area contributed by atoms with E-state index >= 15 is 0 Å². The first kappa shape index (κ1) is 21.9. The van der Waals surface area contributed by atoms with Crippen LogP contribution in [0.15, 0.2) is 40.2 Å². The molecular formula is C22H22N4O5S2. The molecule has 0 aliphatic carbocycles. The molecule has 2 saturated heterocycles. The summed E-state index contributed by atoms with van der Waals surface area (Å²) in [6, 6.07) is 8.03. The summed E-state index contributed by atoms with van der Waals surface area (Å²) in [6.45, 7) is 1.23. The maximum Gasteiger partial charge on any atom is 0.328 e. The second kappa shape index (κ2) is 8.45. The van der Waals surface area contributed by atoms with Crippen molar-refractivity contribution >= 4 is 46.9 Å². The topological polar surface area (TPSA) is 123 Å². The van der Waals surface area contributed by atoms with E-state index in [-0.39, 0.29) is 17.3 Å². The number of urea groups is 1. The lowest BCUT2D eigenvalue weighted by Crippen LogP contribution is -2.41. The highest BCUT2D eigenvalue weighted by atomic mass is 32.2. The predicted octanol–water partition coefficient (Wildman–Crippen LogP) is 1.59. The van der Waals surface area contributed by atoms with E-state index in [9.17, 15) is 24.0 Å². The highest BCUT2D eigenvalue weighted by Crippen LogP contribution is 2.53. The lowest BCUT2D eigenvalue weighted by molar-refractivity contribution is -0.136. The van der Waals surface area contributed by atoms with Gasteiger partial charge in [0.25, 0.3) is 5.91 Å². The van der Waals surface area contributed by atoms with Crippen molar-refractivity contribution in [2.45, 2.75) is 42.0 Å². The van der Waals surface area contributed by atoms with Gasteiger partial charge in [0, 0.05) is 23.9 Å². The molecule has 0 unspecified atom stereocenters. The van der Waals surface area contributed by atoms with Gasteiger partial charge >= 0.3 is 10.9 Å². The van der Waals surface area contributed by atoms with Crippen molar-refractivity contribution in [2.75, 3.05) is 13.1 Å². The normalized spacial score (nSPS) is 24.5. The van der Waals surface area contributed by atoms with E-state index in [4.69, 9.17) is 5.73 Å². The number of nitrogens with two attached hydrogens (primary N) is 1. The van der Waals surface area contributed by atoms with E-state index in [1.54, 1.807) is 4.90 Å². The molecule has 3 aliphatic heterocycles. The zero-order valence-corrected chi connectivity index (χ0v) is 19.3. The van der Waals surface area contributed by atoms with Crippen molar-refractivity contribution in [3.8, 4) is 0 Å². The summed E-state index contributed by atoms with van der Waals surface area (Å²) in [6.07, 6.45) is 2.97. The van der Waals surface area contributed by atoms with Gasteiger partial charge < -0.3 is 10.6 Å². The van der Waals surface area contributed by atoms with Crippen LogP contribution in [-0.2, 0) is 20.9 Å². The molecule has 3 aliphatic rings. The Morgan fingerprint density at radius 2 is 1.70 bits per heavy atom. The number of thioether (sulfide) groups is 1. The number of carbonyl (C=O) groups excluding carboxylic acids is 4. The number of likely N-dealkylation sites (tertiary alicyclic amines) is 2. The summed E-state index contributed by atoms with van der Waals surface area (Å²) in [5.74, 6) is -2.90. The molecule has 0 bridgehead atoms. The van der Waals surface area contributed by atoms with Crippen LogP contribution >= 0.6 is 23.1 Å². The summed E-state index contributed by atoms with van der Waals surface area (Å²) in [4.78, 5) is 66.5. The monoisotopic (exact) mass is 486 g/mol. The van der Waals surface area contributed by atoms with Gasteiger partial charge in [-0.2, -0.15) is 4.90 Å². The highest BCUT2D eigenvalue weighted by Gasteiger charge is 2.57. The standard InChI is InChI=1S/C22H22N4O5S2/c23-21(30)26-18(28)15-14(12-7-3-1-4-8-12)17-20(32-16(15)19(26)29)25(22(31)33-17)11-13(27)24-9-5-2-6-10-24/h1,3-4,7-8,14-16H,2,5-6,9-11H2,(H2,23,30)/t14-,15+,16-/m0/s1. The molecule has 0 saturated carbocycles. The minimum absolute atomic E-state index is 0.113. The van der Waals surface area contributed by atoms with Crippen LogP contribution < -0.4 is 10.6 Å². The number of piperidine rings is 1. The predicted molar refractivity (Wildman–Crippen MR) is 122 cm³/mol. The van der Waals surface area contributed by atoms with Crippen molar-refractivity contribution in [2.24, 2.45) is 11.7 Å². The van der Waals surface area contributed by atoms with E-state index in [1.807, 2.05) is 30.3 Å². The van der Waals surface area contributed by atoms with Crippen molar-refractivity contribution in [3.63, 3.8) is 0 Å². The van der Waals surface area contributed by atoms with Crippen LogP contribution in [0.5, 0.6) is 0 Å². The lowest BCUT2D eigenvalue weighted by atomic mass is 9.83. The van der Waals surface area contributed by atoms with E-state index < -0.39 is 34.9 Å². The minimum atomic E-state index is -1.10. The molecule has 11 heteroatoms. The van der Waals surface area contributed by atoms with E-state index in [2.05, 4.69) is 0 Å². The number of benzene rings is 1. The van der Waals surface area contributed by atoms with Crippen LogP contribution in [0.4, 0.5) is 4.79 Å². The van der Waals surface area contributed by atoms with Gasteiger partial charge in [-0.3, -0.25) is 23.7 Å². The van der Waals surface area contributed by atoms with E-state index in [0.29, 0.717) is 27.9 Å². The zero-order chi connectivity index (χ0) is 23.3. The molecule has 9 nitrogen and oxygen atoms in total. The van der Waals surface area contributed by atoms with Gasteiger partial charge in [0.15, 0.2) is 0 Å². The molecule has 0 radical (unpaired) electrons. The van der Waals surface area contributed by atoms with Crippen LogP contribution in [0.2, 0.25) is 0 Å². The molecule has 2 fully saturated rings. The number of fused-ring (bicyclic) bond motifs is 2.